The number of ether oxygens (including phenoxy) is 3. The molecule has 2 aliphatic heterocycles. The number of aliphatic hydroxyl groups excluding tert-OH is 3. The third kappa shape index (κ3) is 8.09. The minimum atomic E-state index is -4.83. The van der Waals surface area contributed by atoms with E-state index in [-0.39, 0.29) is 62.0 Å². The van der Waals surface area contributed by atoms with Crippen LogP contribution in [0.1, 0.15) is 18.4 Å². The van der Waals surface area contributed by atoms with Crippen LogP contribution in [0.4, 0.5) is 18.9 Å². The number of sulfonamides is 1. The molecule has 1 saturated carbocycles. The topological polar surface area (TPSA) is 141 Å². The molecule has 0 bridgehead atoms. The number of halogens is 3. The first-order valence-electron chi connectivity index (χ1n) is 14.0. The van der Waals surface area contributed by atoms with E-state index in [1.54, 1.807) is 12.1 Å². The lowest BCUT2D eigenvalue weighted by molar-refractivity contribution is -0.274. The number of hydrogen-bond acceptors (Lipinski definition) is 10. The Kier molecular flexibility index (Phi) is 9.42. The largest absolute Gasteiger partial charge is 0.573 e. The number of anilines is 1. The van der Waals surface area contributed by atoms with Gasteiger partial charge in [0.2, 0.25) is 10.0 Å². The summed E-state index contributed by atoms with van der Waals surface area (Å²) in [6, 6.07) is 10.1. The highest BCUT2D eigenvalue weighted by molar-refractivity contribution is 7.89. The summed E-state index contributed by atoms with van der Waals surface area (Å²) in [7, 11) is -4.10. The number of hydrogen-bond donors (Lipinski definition) is 4. The molecule has 1 saturated heterocycles. The maximum atomic E-state index is 13.3. The fourth-order valence-electron chi connectivity index (χ4n) is 5.98. The molecule has 15 heteroatoms. The maximum Gasteiger partial charge on any atom is 0.573 e. The zero-order chi connectivity index (χ0) is 30.8. The smallest absolute Gasteiger partial charge is 0.491 e. The molecule has 4 N–H and O–H groups in total. The van der Waals surface area contributed by atoms with Gasteiger partial charge in [-0.05, 0) is 42.7 Å². The van der Waals surface area contributed by atoms with Gasteiger partial charge in [-0.1, -0.05) is 12.1 Å². The highest BCUT2D eigenvalue weighted by atomic mass is 32.2. The van der Waals surface area contributed by atoms with E-state index in [0.717, 1.165) is 5.69 Å². The van der Waals surface area contributed by atoms with Crippen LogP contribution in [-0.4, -0.2) is 106 Å². The van der Waals surface area contributed by atoms with Crippen LogP contribution in [0, 0.1) is 5.41 Å². The summed E-state index contributed by atoms with van der Waals surface area (Å²) >= 11 is 0. The SMILES string of the molecule is O=S1(=O)NC[C@H](O)CN(Cc2ccc(OC(F)(F)F)cc2)CC2(COc3cc(N4CCOCC4)ccc31)C[C@@H](O)[C@@H](O)C2. The van der Waals surface area contributed by atoms with Crippen LogP contribution in [0.15, 0.2) is 47.4 Å². The van der Waals surface area contributed by atoms with Gasteiger partial charge in [0.25, 0.3) is 0 Å². The normalized spacial score (nSPS) is 28.9. The van der Waals surface area contributed by atoms with Crippen molar-refractivity contribution in [2.45, 2.75) is 49.0 Å². The Labute approximate surface area is 247 Å². The summed E-state index contributed by atoms with van der Waals surface area (Å²) in [5, 5.41) is 32.0. The van der Waals surface area contributed by atoms with Gasteiger partial charge in [-0.15, -0.1) is 13.2 Å². The minimum Gasteiger partial charge on any atom is -0.491 e. The summed E-state index contributed by atoms with van der Waals surface area (Å²) in [4.78, 5) is 3.78. The second-order valence-corrected chi connectivity index (χ2v) is 13.2. The number of rotatable bonds is 4. The highest BCUT2D eigenvalue weighted by Crippen LogP contribution is 2.41. The molecular weight excluding hydrogens is 595 g/mol. The molecule has 2 heterocycles. The lowest BCUT2D eigenvalue weighted by atomic mass is 9.85. The van der Waals surface area contributed by atoms with E-state index in [4.69, 9.17) is 9.47 Å². The average molecular weight is 632 g/mol. The monoisotopic (exact) mass is 631 g/mol. The van der Waals surface area contributed by atoms with Gasteiger partial charge in [0.1, 0.15) is 16.4 Å². The fraction of sp³-hybridized carbons (Fsp3) is 0.571. The minimum absolute atomic E-state index is 0.0000883. The molecule has 5 rings (SSSR count). The van der Waals surface area contributed by atoms with Gasteiger partial charge in [0, 0.05) is 56.4 Å². The first kappa shape index (κ1) is 31.8. The predicted octanol–water partition coefficient (Wildman–Crippen LogP) is 1.46. The standard InChI is InChI=1S/C28H36F3N3O8S/c29-28(30,31)42-22-4-1-19(2-5-22)15-33-16-21(35)14-32-43(38,39)26-6-3-20(34-7-9-40-10-8-34)11-25(26)41-18-27(17-33)12-23(36)24(37)13-27/h1-6,11,21,23-24,32,35-37H,7-10,12-18H2/t21-,23-,24+,27?/m0/s1. The molecular formula is C28H36F3N3O8S. The molecule has 1 spiro atoms. The Bertz CT molecular complexity index is 1350. The van der Waals surface area contributed by atoms with Gasteiger partial charge >= 0.3 is 6.36 Å². The van der Waals surface area contributed by atoms with Crippen molar-refractivity contribution in [2.24, 2.45) is 5.41 Å². The van der Waals surface area contributed by atoms with Gasteiger partial charge in [0.05, 0.1) is 38.1 Å². The number of alkyl halides is 3. The number of nitrogens with one attached hydrogen (secondary N) is 1. The average Bonchev–Trinajstić information content (AvgIpc) is 3.23. The van der Waals surface area contributed by atoms with Gasteiger partial charge < -0.3 is 34.4 Å². The lowest BCUT2D eigenvalue weighted by Gasteiger charge is -2.37. The van der Waals surface area contributed by atoms with E-state index in [0.29, 0.717) is 31.9 Å². The van der Waals surface area contributed by atoms with Crippen LogP contribution in [0.5, 0.6) is 11.5 Å². The molecule has 0 aromatic heterocycles. The number of benzene rings is 2. The zero-order valence-electron chi connectivity index (χ0n) is 23.4. The van der Waals surface area contributed by atoms with E-state index in [1.165, 1.54) is 30.3 Å². The van der Waals surface area contributed by atoms with Crippen molar-refractivity contribution in [3.63, 3.8) is 0 Å². The maximum absolute atomic E-state index is 13.3. The second-order valence-electron chi connectivity index (χ2n) is 11.4. The van der Waals surface area contributed by atoms with E-state index in [9.17, 15) is 36.9 Å². The molecule has 43 heavy (non-hydrogen) atoms. The Morgan fingerprint density at radius 1 is 1.02 bits per heavy atom. The molecule has 2 aromatic carbocycles. The summed E-state index contributed by atoms with van der Waals surface area (Å²) in [5.74, 6) is -0.269. The summed E-state index contributed by atoms with van der Waals surface area (Å²) in [6.45, 7) is 2.38. The molecule has 3 aliphatic rings. The van der Waals surface area contributed by atoms with E-state index in [2.05, 4.69) is 14.4 Å². The van der Waals surface area contributed by atoms with Crippen LogP contribution in [-0.2, 0) is 21.3 Å². The number of nitrogens with zero attached hydrogens (tertiary/aromatic N) is 2. The summed E-state index contributed by atoms with van der Waals surface area (Å²) < 4.78 is 82.6. The first-order chi connectivity index (χ1) is 20.3. The van der Waals surface area contributed by atoms with Crippen molar-refractivity contribution in [1.82, 2.24) is 9.62 Å². The lowest BCUT2D eigenvalue weighted by Crippen LogP contribution is -2.46. The van der Waals surface area contributed by atoms with Gasteiger partial charge in [0.15, 0.2) is 0 Å². The molecule has 11 nitrogen and oxygen atoms in total. The fourth-order valence-corrected chi connectivity index (χ4v) is 7.17. The van der Waals surface area contributed by atoms with Crippen LogP contribution in [0.3, 0.4) is 0 Å². The third-order valence-electron chi connectivity index (χ3n) is 7.96. The number of fused-ring (bicyclic) bond motifs is 1. The number of morpholine rings is 1. The van der Waals surface area contributed by atoms with Crippen molar-refractivity contribution in [3.05, 3.63) is 48.0 Å². The van der Waals surface area contributed by atoms with Crippen molar-refractivity contribution < 1.29 is 51.1 Å². The number of aliphatic hydroxyl groups is 3. The predicted molar refractivity (Wildman–Crippen MR) is 148 cm³/mol. The Morgan fingerprint density at radius 3 is 2.35 bits per heavy atom. The van der Waals surface area contributed by atoms with E-state index < -0.39 is 40.1 Å². The summed E-state index contributed by atoms with van der Waals surface area (Å²) in [6.07, 6.45) is -7.73. The van der Waals surface area contributed by atoms with E-state index >= 15 is 0 Å². The Morgan fingerprint density at radius 2 is 1.70 bits per heavy atom. The highest BCUT2D eigenvalue weighted by Gasteiger charge is 2.46. The van der Waals surface area contributed by atoms with E-state index in [1.807, 2.05) is 4.90 Å². The van der Waals surface area contributed by atoms with Crippen LogP contribution in [0.25, 0.3) is 0 Å². The molecule has 2 aromatic rings. The van der Waals surface area contributed by atoms with Crippen molar-refractivity contribution >= 4 is 15.7 Å². The number of β-amino-alcohol motifs (C(OH)–C–C–N with tert-alkyl or cyclic N) is 1. The second kappa shape index (κ2) is 12.8. The Hall–Kier alpha value is -2.66. The van der Waals surface area contributed by atoms with Gasteiger partial charge in [-0.2, -0.15) is 0 Å². The van der Waals surface area contributed by atoms with Gasteiger partial charge in [-0.3, -0.25) is 4.90 Å². The van der Waals surface area contributed by atoms with Crippen LogP contribution in [0.2, 0.25) is 0 Å². The quantitative estimate of drug-likeness (QED) is 0.392. The molecule has 2 fully saturated rings. The van der Waals surface area contributed by atoms with Crippen LogP contribution >= 0.6 is 0 Å². The third-order valence-corrected chi connectivity index (χ3v) is 9.42. The van der Waals surface area contributed by atoms with Crippen LogP contribution < -0.4 is 19.1 Å². The van der Waals surface area contributed by atoms with Crippen molar-refractivity contribution in [3.8, 4) is 11.5 Å². The molecule has 0 radical (unpaired) electrons. The summed E-state index contributed by atoms with van der Waals surface area (Å²) in [5.41, 5.74) is 0.537. The molecule has 238 valence electrons. The molecule has 1 aliphatic carbocycles. The molecule has 1 unspecified atom stereocenters. The zero-order valence-corrected chi connectivity index (χ0v) is 24.2. The van der Waals surface area contributed by atoms with Gasteiger partial charge in [-0.25, -0.2) is 13.1 Å². The first-order valence-corrected chi connectivity index (χ1v) is 15.5. The molecule has 0 amide bonds. The van der Waals surface area contributed by atoms with Crippen molar-refractivity contribution in [2.75, 3.05) is 57.4 Å². The Balaban J connectivity index is 1.44. The molecule has 4 atom stereocenters. The van der Waals surface area contributed by atoms with Crippen molar-refractivity contribution in [1.29, 1.82) is 0 Å².